The minimum absolute atomic E-state index is 0.0661. The van der Waals surface area contributed by atoms with E-state index in [1.165, 1.54) is 6.07 Å². The first-order valence-corrected chi connectivity index (χ1v) is 10.3. The minimum Gasteiger partial charge on any atom is -0.508 e. The molecule has 2 N–H and O–H groups in total. The second-order valence-electron chi connectivity index (χ2n) is 7.74. The molecule has 2 aromatic heterocycles. The molecule has 0 spiro atoms. The van der Waals surface area contributed by atoms with Gasteiger partial charge in [0.2, 0.25) is 5.78 Å². The van der Waals surface area contributed by atoms with E-state index in [0.717, 1.165) is 68.5 Å². The number of aromatic nitrogens is 2. The van der Waals surface area contributed by atoms with E-state index in [1.54, 1.807) is 12.3 Å². The maximum absolute atomic E-state index is 12.8. The molecule has 2 aliphatic rings. The highest BCUT2D eigenvalue weighted by molar-refractivity contribution is 6.16. The number of hydrogen-bond acceptors (Lipinski definition) is 7. The minimum atomic E-state index is -0.412. The van der Waals surface area contributed by atoms with Crippen molar-refractivity contribution in [2.45, 2.75) is 13.0 Å². The van der Waals surface area contributed by atoms with Gasteiger partial charge in [-0.25, -0.2) is 4.98 Å². The Balaban J connectivity index is 1.40. The topological polar surface area (TPSA) is 97.1 Å². The van der Waals surface area contributed by atoms with Crippen LogP contribution in [-0.4, -0.2) is 63.3 Å². The molecule has 8 nitrogen and oxygen atoms in total. The number of carbonyl (C=O) groups excluding carboxylic acids is 1. The molecule has 0 bridgehead atoms. The number of morpholine rings is 1. The Labute approximate surface area is 178 Å². The van der Waals surface area contributed by atoms with Crippen molar-refractivity contribution in [2.75, 3.05) is 32.8 Å². The number of hydrogen-bond donors (Lipinski definition) is 2. The summed E-state index contributed by atoms with van der Waals surface area (Å²) in [6, 6.07) is 6.28. The molecule has 0 unspecified atom stereocenters. The van der Waals surface area contributed by atoms with Crippen LogP contribution >= 0.6 is 0 Å². The lowest BCUT2D eigenvalue weighted by atomic mass is 10.1. The zero-order valence-electron chi connectivity index (χ0n) is 17.0. The van der Waals surface area contributed by atoms with Crippen LogP contribution in [0.15, 0.2) is 42.4 Å². The fourth-order valence-electron chi connectivity index (χ4n) is 4.14. The summed E-state index contributed by atoms with van der Waals surface area (Å²) in [7, 11) is 0. The molecule has 160 valence electrons. The number of Topliss-reactive ketones (excluding diaryl/α,β-unsaturated/α-hetero) is 1. The quantitative estimate of drug-likeness (QED) is 0.612. The molecule has 31 heavy (non-hydrogen) atoms. The van der Waals surface area contributed by atoms with Crippen LogP contribution in [0, 0.1) is 0 Å². The molecular formula is C23H23N3O5. The zero-order chi connectivity index (χ0) is 21.4. The fourth-order valence-corrected chi connectivity index (χ4v) is 4.14. The van der Waals surface area contributed by atoms with Crippen molar-refractivity contribution in [3.8, 4) is 17.2 Å². The number of benzene rings is 1. The van der Waals surface area contributed by atoms with E-state index in [0.29, 0.717) is 0 Å². The van der Waals surface area contributed by atoms with E-state index in [9.17, 15) is 15.0 Å². The number of phenolic OH excluding ortho intramolecular Hbond substituents is 2. The number of fused-ring (bicyclic) bond motifs is 2. The molecule has 0 amide bonds. The van der Waals surface area contributed by atoms with Crippen LogP contribution in [-0.2, 0) is 11.3 Å². The number of nitrogens with zero attached hydrogens (tertiary/aromatic N) is 3. The van der Waals surface area contributed by atoms with E-state index in [2.05, 4.69) is 14.5 Å². The third kappa shape index (κ3) is 3.75. The second-order valence-corrected chi connectivity index (χ2v) is 7.74. The number of rotatable bonds is 5. The van der Waals surface area contributed by atoms with Gasteiger partial charge in [-0.3, -0.25) is 9.69 Å². The number of carbonyl (C=O) groups is 1. The molecule has 2 aliphatic heterocycles. The number of ketones is 1. The highest BCUT2D eigenvalue weighted by Gasteiger charge is 2.31. The van der Waals surface area contributed by atoms with Gasteiger partial charge in [-0.05, 0) is 24.6 Å². The molecule has 0 atom stereocenters. The van der Waals surface area contributed by atoms with E-state index < -0.39 is 5.78 Å². The molecule has 8 heteroatoms. The van der Waals surface area contributed by atoms with E-state index in [-0.39, 0.29) is 28.6 Å². The maximum atomic E-state index is 12.8. The van der Waals surface area contributed by atoms with Gasteiger partial charge in [0.1, 0.15) is 28.5 Å². The summed E-state index contributed by atoms with van der Waals surface area (Å²) in [5.74, 6) is -0.611. The Bertz CT molecular complexity index is 1180. The van der Waals surface area contributed by atoms with Crippen molar-refractivity contribution in [1.29, 1.82) is 0 Å². The van der Waals surface area contributed by atoms with Crippen LogP contribution in [0.4, 0.5) is 0 Å². The smallest absolute Gasteiger partial charge is 0.235 e. The SMILES string of the molecule is O=C1/C(=C/c2cn(CCCN3CCOCC3)c3ncccc23)Oc2cc(O)cc(O)c21. The van der Waals surface area contributed by atoms with Gasteiger partial charge in [0.15, 0.2) is 5.76 Å². The van der Waals surface area contributed by atoms with Crippen molar-refractivity contribution in [3.63, 3.8) is 0 Å². The van der Waals surface area contributed by atoms with E-state index >= 15 is 0 Å². The summed E-state index contributed by atoms with van der Waals surface area (Å²) >= 11 is 0. The van der Waals surface area contributed by atoms with Gasteiger partial charge in [0.05, 0.1) is 13.2 Å². The van der Waals surface area contributed by atoms with E-state index in [1.807, 2.05) is 18.3 Å². The number of aromatic hydroxyl groups is 2. The highest BCUT2D eigenvalue weighted by atomic mass is 16.5. The van der Waals surface area contributed by atoms with Gasteiger partial charge in [-0.2, -0.15) is 0 Å². The summed E-state index contributed by atoms with van der Waals surface area (Å²) in [5.41, 5.74) is 1.73. The lowest BCUT2D eigenvalue weighted by Crippen LogP contribution is -2.37. The number of pyridine rings is 1. The first-order chi connectivity index (χ1) is 15.1. The summed E-state index contributed by atoms with van der Waals surface area (Å²) in [4.78, 5) is 19.7. The van der Waals surface area contributed by atoms with Crippen LogP contribution in [0.5, 0.6) is 17.2 Å². The Morgan fingerprint density at radius 2 is 2.00 bits per heavy atom. The summed E-state index contributed by atoms with van der Waals surface area (Å²) in [5, 5.41) is 20.6. The third-order valence-corrected chi connectivity index (χ3v) is 5.67. The van der Waals surface area contributed by atoms with Crippen LogP contribution in [0.25, 0.3) is 17.1 Å². The number of aryl methyl sites for hydroxylation is 1. The van der Waals surface area contributed by atoms with Crippen molar-refractivity contribution in [3.05, 3.63) is 53.5 Å². The van der Waals surface area contributed by atoms with Crippen molar-refractivity contribution >= 4 is 22.9 Å². The fraction of sp³-hybridized carbons (Fsp3) is 0.304. The van der Waals surface area contributed by atoms with Crippen LogP contribution in [0.1, 0.15) is 22.3 Å². The lowest BCUT2D eigenvalue weighted by Gasteiger charge is -2.26. The normalized spacial score (nSPS) is 17.9. The molecule has 4 heterocycles. The lowest BCUT2D eigenvalue weighted by molar-refractivity contribution is 0.0369. The number of phenols is 2. The van der Waals surface area contributed by atoms with Gasteiger partial charge in [0.25, 0.3) is 0 Å². The molecule has 1 fully saturated rings. The van der Waals surface area contributed by atoms with Crippen LogP contribution in [0.2, 0.25) is 0 Å². The molecule has 0 aliphatic carbocycles. The van der Waals surface area contributed by atoms with Crippen molar-refractivity contribution < 1.29 is 24.5 Å². The summed E-state index contributed by atoms with van der Waals surface area (Å²) < 4.78 is 13.1. The van der Waals surface area contributed by atoms with Gasteiger partial charge in [-0.1, -0.05) is 0 Å². The summed E-state index contributed by atoms with van der Waals surface area (Å²) in [6.07, 6.45) is 6.37. The largest absolute Gasteiger partial charge is 0.508 e. The first kappa shape index (κ1) is 19.6. The predicted octanol–water partition coefficient (Wildman–Crippen LogP) is 2.79. The monoisotopic (exact) mass is 421 g/mol. The van der Waals surface area contributed by atoms with Gasteiger partial charge in [0, 0.05) is 61.7 Å². The average Bonchev–Trinajstić information content (AvgIpc) is 3.27. The summed E-state index contributed by atoms with van der Waals surface area (Å²) in [6.45, 7) is 5.30. The molecule has 5 rings (SSSR count). The zero-order valence-corrected chi connectivity index (χ0v) is 17.0. The number of ether oxygens (including phenoxy) is 2. The molecule has 3 aromatic rings. The Morgan fingerprint density at radius 3 is 2.84 bits per heavy atom. The number of allylic oxidation sites excluding steroid dienone is 1. The highest BCUT2D eigenvalue weighted by Crippen LogP contribution is 2.41. The molecule has 1 saturated heterocycles. The maximum Gasteiger partial charge on any atom is 0.235 e. The van der Waals surface area contributed by atoms with Gasteiger partial charge in [-0.15, -0.1) is 0 Å². The first-order valence-electron chi connectivity index (χ1n) is 10.3. The second kappa shape index (κ2) is 8.05. The molecular weight excluding hydrogens is 398 g/mol. The Kier molecular flexibility index (Phi) is 5.09. The molecule has 0 radical (unpaired) electrons. The standard InChI is InChI=1S/C23H23N3O5/c27-16-12-18(28)21-19(13-16)31-20(22(21)29)11-15-14-26(23-17(15)3-1-4-24-23)6-2-5-25-7-9-30-10-8-25/h1,3-4,11-14,27-28H,2,5-10H2/b20-11-. The van der Waals surface area contributed by atoms with Crippen molar-refractivity contribution in [1.82, 2.24) is 14.5 Å². The van der Waals surface area contributed by atoms with E-state index in [4.69, 9.17) is 9.47 Å². The third-order valence-electron chi connectivity index (χ3n) is 5.67. The van der Waals surface area contributed by atoms with Crippen molar-refractivity contribution in [2.24, 2.45) is 0 Å². The molecule has 1 aromatic carbocycles. The average molecular weight is 421 g/mol. The van der Waals surface area contributed by atoms with Gasteiger partial charge >= 0.3 is 0 Å². The predicted molar refractivity (Wildman–Crippen MR) is 114 cm³/mol. The van der Waals surface area contributed by atoms with Crippen LogP contribution < -0.4 is 4.74 Å². The molecule has 0 saturated carbocycles. The Morgan fingerprint density at radius 1 is 1.16 bits per heavy atom. The van der Waals surface area contributed by atoms with Crippen LogP contribution in [0.3, 0.4) is 0 Å². The van der Waals surface area contributed by atoms with Gasteiger partial charge < -0.3 is 24.3 Å². The Hall–Kier alpha value is -3.36.